The lowest BCUT2D eigenvalue weighted by Gasteiger charge is -2.07. The molecule has 1 aromatic heterocycles. The first kappa shape index (κ1) is 13.5. The van der Waals surface area contributed by atoms with Gasteiger partial charge in [-0.15, -0.1) is 0 Å². The van der Waals surface area contributed by atoms with Gasteiger partial charge >= 0.3 is 0 Å². The molecule has 0 aliphatic carbocycles. The molecule has 1 heterocycles. The molecule has 0 bridgehead atoms. The standard InChI is InChI=1S/C15H18N2O2/c1-11(18)10-16-15(19)9-8-13-7-6-12-4-2-3-5-14(12)17-13/h2-7,11,18H,8-10H2,1H3,(H,16,19). The number of aromatic nitrogens is 1. The van der Waals surface area contributed by atoms with Gasteiger partial charge in [0.2, 0.25) is 5.91 Å². The van der Waals surface area contributed by atoms with Crippen molar-refractivity contribution in [3.05, 3.63) is 42.1 Å². The van der Waals surface area contributed by atoms with Gasteiger partial charge in [0.1, 0.15) is 0 Å². The first-order valence-electron chi connectivity index (χ1n) is 6.44. The molecule has 1 aromatic carbocycles. The summed E-state index contributed by atoms with van der Waals surface area (Å²) in [6, 6.07) is 11.9. The zero-order chi connectivity index (χ0) is 13.7. The fourth-order valence-electron chi connectivity index (χ4n) is 1.84. The van der Waals surface area contributed by atoms with Gasteiger partial charge in [0.25, 0.3) is 0 Å². The highest BCUT2D eigenvalue weighted by Crippen LogP contribution is 2.12. The van der Waals surface area contributed by atoms with E-state index >= 15 is 0 Å². The summed E-state index contributed by atoms with van der Waals surface area (Å²) in [5.74, 6) is -0.0594. The van der Waals surface area contributed by atoms with Crippen LogP contribution in [0.15, 0.2) is 36.4 Å². The van der Waals surface area contributed by atoms with Gasteiger partial charge in [0.05, 0.1) is 11.6 Å². The Morgan fingerprint density at radius 2 is 2.11 bits per heavy atom. The zero-order valence-corrected chi connectivity index (χ0v) is 11.0. The number of nitrogens with one attached hydrogen (secondary N) is 1. The van der Waals surface area contributed by atoms with Crippen LogP contribution >= 0.6 is 0 Å². The lowest BCUT2D eigenvalue weighted by atomic mass is 10.1. The SMILES string of the molecule is CC(O)CNC(=O)CCc1ccc2ccccc2n1. The third kappa shape index (κ3) is 4.03. The van der Waals surface area contributed by atoms with Crippen molar-refractivity contribution in [1.29, 1.82) is 0 Å². The summed E-state index contributed by atoms with van der Waals surface area (Å²) in [4.78, 5) is 16.0. The Bertz CT molecular complexity index is 567. The van der Waals surface area contributed by atoms with Gasteiger partial charge in [-0.1, -0.05) is 24.3 Å². The number of hydrogen-bond donors (Lipinski definition) is 2. The number of benzene rings is 1. The van der Waals surface area contributed by atoms with Gasteiger partial charge in [-0.2, -0.15) is 0 Å². The molecule has 1 unspecified atom stereocenters. The quantitative estimate of drug-likeness (QED) is 0.857. The van der Waals surface area contributed by atoms with Crippen LogP contribution in [-0.4, -0.2) is 28.6 Å². The predicted octanol–water partition coefficient (Wildman–Crippen LogP) is 1.66. The third-order valence-electron chi connectivity index (χ3n) is 2.86. The second kappa shape index (κ2) is 6.29. The molecular formula is C15H18N2O2. The van der Waals surface area contributed by atoms with Crippen molar-refractivity contribution in [2.75, 3.05) is 6.54 Å². The molecule has 4 nitrogen and oxygen atoms in total. The van der Waals surface area contributed by atoms with E-state index in [1.54, 1.807) is 6.92 Å². The summed E-state index contributed by atoms with van der Waals surface area (Å²) >= 11 is 0. The van der Waals surface area contributed by atoms with Gasteiger partial charge < -0.3 is 10.4 Å². The Labute approximate surface area is 112 Å². The third-order valence-corrected chi connectivity index (χ3v) is 2.86. The first-order chi connectivity index (χ1) is 9.15. The number of carbonyl (C=O) groups is 1. The monoisotopic (exact) mass is 258 g/mol. The maximum absolute atomic E-state index is 11.5. The predicted molar refractivity (Wildman–Crippen MR) is 74.8 cm³/mol. The summed E-state index contributed by atoms with van der Waals surface area (Å²) in [6.07, 6.45) is 0.483. The summed E-state index contributed by atoms with van der Waals surface area (Å²) < 4.78 is 0. The molecule has 2 N–H and O–H groups in total. The maximum atomic E-state index is 11.5. The number of hydrogen-bond acceptors (Lipinski definition) is 3. The molecule has 0 aliphatic heterocycles. The van der Waals surface area contributed by atoms with Crippen LogP contribution in [-0.2, 0) is 11.2 Å². The number of nitrogens with zero attached hydrogens (tertiary/aromatic N) is 1. The average Bonchev–Trinajstić information content (AvgIpc) is 2.42. The molecule has 0 fully saturated rings. The summed E-state index contributed by atoms with van der Waals surface area (Å²) in [5, 5.41) is 12.9. The second-order valence-corrected chi connectivity index (χ2v) is 4.65. The fraction of sp³-hybridized carbons (Fsp3) is 0.333. The molecule has 0 aliphatic rings. The Balaban J connectivity index is 1.92. The van der Waals surface area contributed by atoms with E-state index in [1.165, 1.54) is 0 Å². The Morgan fingerprint density at radius 3 is 2.89 bits per heavy atom. The van der Waals surface area contributed by atoms with Gasteiger partial charge in [-0.05, 0) is 25.5 Å². The van der Waals surface area contributed by atoms with E-state index in [0.29, 0.717) is 19.4 Å². The normalized spacial score (nSPS) is 12.3. The summed E-state index contributed by atoms with van der Waals surface area (Å²) in [5.41, 5.74) is 1.86. The molecule has 0 radical (unpaired) electrons. The highest BCUT2D eigenvalue weighted by atomic mass is 16.3. The van der Waals surface area contributed by atoms with Crippen LogP contribution in [0.4, 0.5) is 0 Å². The lowest BCUT2D eigenvalue weighted by molar-refractivity contribution is -0.121. The van der Waals surface area contributed by atoms with Crippen molar-refractivity contribution in [1.82, 2.24) is 10.3 Å². The van der Waals surface area contributed by atoms with Crippen LogP contribution in [0.2, 0.25) is 0 Å². The molecule has 2 aromatic rings. The van der Waals surface area contributed by atoms with E-state index in [9.17, 15) is 4.79 Å². The van der Waals surface area contributed by atoms with Crippen LogP contribution in [0.5, 0.6) is 0 Å². The van der Waals surface area contributed by atoms with Crippen LogP contribution < -0.4 is 5.32 Å². The lowest BCUT2D eigenvalue weighted by Crippen LogP contribution is -2.30. The Hall–Kier alpha value is -1.94. The van der Waals surface area contributed by atoms with Crippen molar-refractivity contribution in [3.63, 3.8) is 0 Å². The molecule has 19 heavy (non-hydrogen) atoms. The van der Waals surface area contributed by atoms with Crippen molar-refractivity contribution in [2.24, 2.45) is 0 Å². The molecule has 0 saturated carbocycles. The van der Waals surface area contributed by atoms with Gasteiger partial charge in [0.15, 0.2) is 0 Å². The number of aliphatic hydroxyl groups is 1. The number of amides is 1. The molecule has 2 rings (SSSR count). The molecule has 1 atom stereocenters. The van der Waals surface area contributed by atoms with E-state index in [4.69, 9.17) is 5.11 Å². The Morgan fingerprint density at radius 1 is 1.32 bits per heavy atom. The highest BCUT2D eigenvalue weighted by Gasteiger charge is 2.05. The minimum atomic E-state index is -0.511. The van der Waals surface area contributed by atoms with Crippen LogP contribution in [0.25, 0.3) is 10.9 Å². The number of aliphatic hydroxyl groups excluding tert-OH is 1. The zero-order valence-electron chi connectivity index (χ0n) is 11.0. The Kier molecular flexibility index (Phi) is 4.47. The fourth-order valence-corrected chi connectivity index (χ4v) is 1.84. The van der Waals surface area contributed by atoms with E-state index < -0.39 is 6.10 Å². The number of pyridine rings is 1. The van der Waals surface area contributed by atoms with E-state index in [2.05, 4.69) is 10.3 Å². The van der Waals surface area contributed by atoms with Crippen molar-refractivity contribution in [3.8, 4) is 0 Å². The number of para-hydroxylation sites is 1. The van der Waals surface area contributed by atoms with Crippen LogP contribution in [0, 0.1) is 0 Å². The number of fused-ring (bicyclic) bond motifs is 1. The largest absolute Gasteiger partial charge is 0.392 e. The minimum absolute atomic E-state index is 0.0594. The smallest absolute Gasteiger partial charge is 0.220 e. The molecule has 1 amide bonds. The second-order valence-electron chi connectivity index (χ2n) is 4.65. The van der Waals surface area contributed by atoms with Gasteiger partial charge in [0, 0.05) is 24.0 Å². The van der Waals surface area contributed by atoms with Gasteiger partial charge in [-0.3, -0.25) is 9.78 Å². The molecule has 0 saturated heterocycles. The number of carbonyl (C=O) groups excluding carboxylic acids is 1. The number of rotatable bonds is 5. The van der Waals surface area contributed by atoms with Crippen LogP contribution in [0.1, 0.15) is 19.0 Å². The maximum Gasteiger partial charge on any atom is 0.220 e. The minimum Gasteiger partial charge on any atom is -0.392 e. The average molecular weight is 258 g/mol. The van der Waals surface area contributed by atoms with E-state index in [0.717, 1.165) is 16.6 Å². The molecule has 100 valence electrons. The van der Waals surface area contributed by atoms with Crippen molar-refractivity contribution in [2.45, 2.75) is 25.9 Å². The summed E-state index contributed by atoms with van der Waals surface area (Å²) in [6.45, 7) is 1.94. The molecular weight excluding hydrogens is 240 g/mol. The summed E-state index contributed by atoms with van der Waals surface area (Å²) in [7, 11) is 0. The van der Waals surface area contributed by atoms with E-state index in [-0.39, 0.29) is 5.91 Å². The molecule has 0 spiro atoms. The van der Waals surface area contributed by atoms with Crippen molar-refractivity contribution >= 4 is 16.8 Å². The molecule has 4 heteroatoms. The highest BCUT2D eigenvalue weighted by molar-refractivity contribution is 5.79. The number of aryl methyl sites for hydroxylation is 1. The van der Waals surface area contributed by atoms with E-state index in [1.807, 2.05) is 36.4 Å². The topological polar surface area (TPSA) is 62.2 Å². The first-order valence-corrected chi connectivity index (χ1v) is 6.44. The van der Waals surface area contributed by atoms with Crippen molar-refractivity contribution < 1.29 is 9.90 Å². The van der Waals surface area contributed by atoms with Crippen LogP contribution in [0.3, 0.4) is 0 Å². The van der Waals surface area contributed by atoms with Gasteiger partial charge in [-0.25, -0.2) is 0 Å².